The van der Waals surface area contributed by atoms with Crippen LogP contribution in [-0.4, -0.2) is 48.9 Å². The largest absolute Gasteiger partial charge is 0.491 e. The molecule has 1 fully saturated rings. The predicted molar refractivity (Wildman–Crippen MR) is 103 cm³/mol. The summed E-state index contributed by atoms with van der Waals surface area (Å²) in [7, 11) is 3.81. The SMILES string of the molecule is CNCCN(C)Cc1c[nH]nc1-c1cc(Cl)c(OCC2CC2)c(C(F)(F)F)c1. The number of H-pyrrole nitrogens is 1. The van der Waals surface area contributed by atoms with Crippen molar-refractivity contribution in [3.8, 4) is 17.0 Å². The molecule has 0 aliphatic heterocycles. The maximum absolute atomic E-state index is 13.7. The van der Waals surface area contributed by atoms with Gasteiger partial charge >= 0.3 is 6.18 Å². The molecule has 1 aliphatic carbocycles. The summed E-state index contributed by atoms with van der Waals surface area (Å²) in [5.74, 6) is 0.0240. The zero-order chi connectivity index (χ0) is 20.3. The second-order valence-electron chi connectivity index (χ2n) is 7.19. The molecule has 1 saturated carbocycles. The highest BCUT2D eigenvalue weighted by Crippen LogP contribution is 2.44. The van der Waals surface area contributed by atoms with Crippen molar-refractivity contribution in [2.75, 3.05) is 33.8 Å². The van der Waals surface area contributed by atoms with Crippen LogP contribution < -0.4 is 10.1 Å². The highest BCUT2D eigenvalue weighted by atomic mass is 35.5. The van der Waals surface area contributed by atoms with Gasteiger partial charge in [-0.15, -0.1) is 0 Å². The first kappa shape index (κ1) is 21.0. The van der Waals surface area contributed by atoms with Gasteiger partial charge in [0, 0.05) is 37.0 Å². The van der Waals surface area contributed by atoms with E-state index in [0.717, 1.165) is 37.6 Å². The number of likely N-dealkylation sites (N-methyl/N-ethyl adjacent to an activating group) is 2. The Morgan fingerprint density at radius 2 is 2.11 bits per heavy atom. The standard InChI is InChI=1S/C19H24ClF3N4O/c1-24-5-6-27(2)10-14-9-25-26-17(14)13-7-15(19(21,22)23)18(16(20)8-13)28-11-12-3-4-12/h7-9,12,24H,3-6,10-11H2,1-2H3,(H,25,26). The Kier molecular flexibility index (Phi) is 6.52. The lowest BCUT2D eigenvalue weighted by atomic mass is 10.0. The van der Waals surface area contributed by atoms with Gasteiger partial charge in [0.05, 0.1) is 22.9 Å². The topological polar surface area (TPSA) is 53.2 Å². The summed E-state index contributed by atoms with van der Waals surface area (Å²) in [5, 5.41) is 9.93. The molecule has 1 aliphatic rings. The van der Waals surface area contributed by atoms with Crippen molar-refractivity contribution < 1.29 is 17.9 Å². The number of rotatable bonds is 9. The average molecular weight is 417 g/mol. The minimum Gasteiger partial charge on any atom is -0.491 e. The molecule has 1 heterocycles. The zero-order valence-electron chi connectivity index (χ0n) is 15.9. The van der Waals surface area contributed by atoms with E-state index in [1.54, 1.807) is 6.20 Å². The van der Waals surface area contributed by atoms with Gasteiger partial charge in [0.2, 0.25) is 0 Å². The molecule has 28 heavy (non-hydrogen) atoms. The lowest BCUT2D eigenvalue weighted by Crippen LogP contribution is -2.27. The van der Waals surface area contributed by atoms with Gasteiger partial charge in [-0.05, 0) is 45.0 Å². The number of halogens is 4. The lowest BCUT2D eigenvalue weighted by molar-refractivity contribution is -0.138. The molecule has 0 atom stereocenters. The van der Waals surface area contributed by atoms with Gasteiger partial charge in [-0.3, -0.25) is 5.10 Å². The van der Waals surface area contributed by atoms with Crippen molar-refractivity contribution in [1.29, 1.82) is 0 Å². The lowest BCUT2D eigenvalue weighted by Gasteiger charge is -2.18. The predicted octanol–water partition coefficient (Wildman–Crippen LogP) is 4.19. The van der Waals surface area contributed by atoms with Crippen LogP contribution in [0.5, 0.6) is 5.75 Å². The number of benzene rings is 1. The Hall–Kier alpha value is -1.77. The van der Waals surface area contributed by atoms with Crippen LogP contribution in [-0.2, 0) is 12.7 Å². The maximum atomic E-state index is 13.7. The van der Waals surface area contributed by atoms with E-state index in [9.17, 15) is 13.2 Å². The molecular formula is C19H24ClF3N4O. The molecule has 0 bridgehead atoms. The fraction of sp³-hybridized carbons (Fsp3) is 0.526. The molecule has 154 valence electrons. The summed E-state index contributed by atoms with van der Waals surface area (Å²) >= 11 is 6.21. The van der Waals surface area contributed by atoms with Gasteiger partial charge in [0.15, 0.2) is 0 Å². The molecule has 0 saturated heterocycles. The second kappa shape index (κ2) is 8.71. The Morgan fingerprint density at radius 3 is 2.75 bits per heavy atom. The van der Waals surface area contributed by atoms with Crippen LogP contribution in [0.2, 0.25) is 5.02 Å². The molecule has 2 aromatic rings. The van der Waals surface area contributed by atoms with Crippen LogP contribution in [0.15, 0.2) is 18.3 Å². The first-order chi connectivity index (χ1) is 13.3. The quantitative estimate of drug-likeness (QED) is 0.643. The average Bonchev–Trinajstić information content (AvgIpc) is 3.34. The summed E-state index contributed by atoms with van der Waals surface area (Å²) < 4.78 is 46.4. The summed E-state index contributed by atoms with van der Waals surface area (Å²) in [5.41, 5.74) is 0.703. The van der Waals surface area contributed by atoms with Crippen molar-refractivity contribution in [3.63, 3.8) is 0 Å². The molecule has 3 rings (SSSR count). The Labute approximate surface area is 167 Å². The van der Waals surface area contributed by atoms with Crippen LogP contribution in [0, 0.1) is 5.92 Å². The number of aromatic nitrogens is 2. The van der Waals surface area contributed by atoms with E-state index < -0.39 is 11.7 Å². The molecule has 9 heteroatoms. The summed E-state index contributed by atoms with van der Waals surface area (Å²) in [6.45, 7) is 2.41. The highest BCUT2D eigenvalue weighted by Gasteiger charge is 2.37. The summed E-state index contributed by atoms with van der Waals surface area (Å²) in [4.78, 5) is 2.06. The van der Waals surface area contributed by atoms with Crippen molar-refractivity contribution in [2.24, 2.45) is 5.92 Å². The summed E-state index contributed by atoms with van der Waals surface area (Å²) in [6, 6.07) is 2.56. The number of nitrogens with one attached hydrogen (secondary N) is 2. The van der Waals surface area contributed by atoms with Crippen molar-refractivity contribution in [3.05, 3.63) is 34.5 Å². The molecule has 0 unspecified atom stereocenters. The molecule has 0 spiro atoms. The fourth-order valence-electron chi connectivity index (χ4n) is 2.93. The van der Waals surface area contributed by atoms with Crippen molar-refractivity contribution in [2.45, 2.75) is 25.6 Å². The number of alkyl halides is 3. The van der Waals surface area contributed by atoms with E-state index in [1.165, 1.54) is 6.07 Å². The fourth-order valence-corrected chi connectivity index (χ4v) is 3.20. The first-order valence-corrected chi connectivity index (χ1v) is 9.57. The molecule has 1 aromatic heterocycles. The van der Waals surface area contributed by atoms with Crippen LogP contribution in [0.1, 0.15) is 24.0 Å². The minimum atomic E-state index is -4.57. The number of hydrogen-bond donors (Lipinski definition) is 2. The van der Waals surface area contributed by atoms with Gasteiger partial charge < -0.3 is 15.0 Å². The van der Waals surface area contributed by atoms with Crippen molar-refractivity contribution in [1.82, 2.24) is 20.4 Å². The number of aromatic amines is 1. The Balaban J connectivity index is 1.90. The van der Waals surface area contributed by atoms with E-state index in [-0.39, 0.29) is 17.4 Å². The molecule has 5 nitrogen and oxygen atoms in total. The Bertz CT molecular complexity index is 805. The van der Waals surface area contributed by atoms with Gasteiger partial charge in [-0.25, -0.2) is 0 Å². The van der Waals surface area contributed by atoms with Gasteiger partial charge in [0.1, 0.15) is 5.75 Å². The number of hydrogen-bond acceptors (Lipinski definition) is 4. The molecule has 2 N–H and O–H groups in total. The maximum Gasteiger partial charge on any atom is 0.420 e. The van der Waals surface area contributed by atoms with Crippen LogP contribution >= 0.6 is 11.6 Å². The van der Waals surface area contributed by atoms with Gasteiger partial charge in [0.25, 0.3) is 0 Å². The van der Waals surface area contributed by atoms with E-state index in [1.807, 2.05) is 14.1 Å². The van der Waals surface area contributed by atoms with E-state index in [2.05, 4.69) is 20.4 Å². The second-order valence-corrected chi connectivity index (χ2v) is 7.59. The smallest absolute Gasteiger partial charge is 0.420 e. The number of nitrogens with zero attached hydrogens (tertiary/aromatic N) is 2. The van der Waals surface area contributed by atoms with E-state index in [0.29, 0.717) is 23.7 Å². The highest BCUT2D eigenvalue weighted by molar-refractivity contribution is 6.32. The molecule has 0 amide bonds. The third kappa shape index (κ3) is 5.18. The minimum absolute atomic E-state index is 0.0528. The molecule has 0 radical (unpaired) electrons. The Morgan fingerprint density at radius 1 is 1.36 bits per heavy atom. The van der Waals surface area contributed by atoms with Gasteiger partial charge in [-0.2, -0.15) is 18.3 Å². The normalized spacial score (nSPS) is 14.7. The monoisotopic (exact) mass is 416 g/mol. The van der Waals surface area contributed by atoms with Gasteiger partial charge in [-0.1, -0.05) is 11.6 Å². The zero-order valence-corrected chi connectivity index (χ0v) is 16.6. The third-order valence-corrected chi connectivity index (χ3v) is 4.97. The summed E-state index contributed by atoms with van der Waals surface area (Å²) in [6.07, 6.45) is -0.911. The third-order valence-electron chi connectivity index (χ3n) is 4.69. The van der Waals surface area contributed by atoms with Crippen molar-refractivity contribution >= 4 is 11.6 Å². The molecular weight excluding hydrogens is 393 g/mol. The molecule has 1 aromatic carbocycles. The van der Waals surface area contributed by atoms with Crippen LogP contribution in [0.3, 0.4) is 0 Å². The first-order valence-electron chi connectivity index (χ1n) is 9.19. The number of ether oxygens (including phenoxy) is 1. The van der Waals surface area contributed by atoms with Crippen LogP contribution in [0.25, 0.3) is 11.3 Å². The van der Waals surface area contributed by atoms with E-state index >= 15 is 0 Å². The van der Waals surface area contributed by atoms with Crippen LogP contribution in [0.4, 0.5) is 13.2 Å². The van der Waals surface area contributed by atoms with E-state index in [4.69, 9.17) is 16.3 Å².